The van der Waals surface area contributed by atoms with Gasteiger partial charge in [-0.1, -0.05) is 0 Å². The average Bonchev–Trinajstić information content (AvgIpc) is 2.45. The van der Waals surface area contributed by atoms with Gasteiger partial charge >= 0.3 is 6.18 Å². The fourth-order valence-corrected chi connectivity index (χ4v) is 2.54. The van der Waals surface area contributed by atoms with Gasteiger partial charge in [-0.3, -0.25) is 0 Å². The van der Waals surface area contributed by atoms with Crippen LogP contribution < -0.4 is 10.2 Å². The summed E-state index contributed by atoms with van der Waals surface area (Å²) >= 11 is 0. The smallest absolute Gasteiger partial charge is 0.357 e. The van der Waals surface area contributed by atoms with Gasteiger partial charge in [-0.15, -0.1) is 0 Å². The molecule has 1 aromatic rings. The van der Waals surface area contributed by atoms with Gasteiger partial charge in [0.2, 0.25) is 0 Å². The molecule has 0 saturated carbocycles. The van der Waals surface area contributed by atoms with Gasteiger partial charge in [0.1, 0.15) is 5.82 Å². The highest BCUT2D eigenvalue weighted by molar-refractivity contribution is 5.40. The van der Waals surface area contributed by atoms with Crippen molar-refractivity contribution in [3.63, 3.8) is 0 Å². The van der Waals surface area contributed by atoms with Crippen LogP contribution in [0.3, 0.4) is 0 Å². The third-order valence-electron chi connectivity index (χ3n) is 3.82. The Hall–Kier alpha value is -1.30. The Morgan fingerprint density at radius 2 is 2.00 bits per heavy atom. The van der Waals surface area contributed by atoms with Crippen LogP contribution in [0.2, 0.25) is 0 Å². The van der Waals surface area contributed by atoms with Gasteiger partial charge in [0.15, 0.2) is 0 Å². The second-order valence-corrected chi connectivity index (χ2v) is 5.23. The summed E-state index contributed by atoms with van der Waals surface area (Å²) in [6.07, 6.45) is -0.0896. The monoisotopic (exact) mass is 287 g/mol. The molecule has 1 aliphatic rings. The summed E-state index contributed by atoms with van der Waals surface area (Å²) in [5, 5.41) is 3.15. The van der Waals surface area contributed by atoms with E-state index in [2.05, 4.69) is 15.2 Å². The van der Waals surface area contributed by atoms with Crippen molar-refractivity contribution in [3.8, 4) is 0 Å². The first-order valence-corrected chi connectivity index (χ1v) is 6.93. The molecule has 112 valence electrons. The van der Waals surface area contributed by atoms with Crippen molar-refractivity contribution in [2.75, 3.05) is 31.6 Å². The van der Waals surface area contributed by atoms with E-state index in [9.17, 15) is 13.2 Å². The lowest BCUT2D eigenvalue weighted by molar-refractivity contribution is -0.137. The lowest BCUT2D eigenvalue weighted by atomic mass is 9.93. The summed E-state index contributed by atoms with van der Waals surface area (Å²) in [6, 6.07) is 2.58. The molecule has 3 nitrogen and oxygen atoms in total. The van der Waals surface area contributed by atoms with Gasteiger partial charge in [-0.2, -0.15) is 13.2 Å². The van der Waals surface area contributed by atoms with E-state index in [-0.39, 0.29) is 0 Å². The standard InChI is InChI=1S/C14H20F3N3/c1-18-7-4-11-5-8-20(9-6-11)13-3-2-12(10-19-13)14(15,16)17/h2-3,10-11,18H,4-9H2,1H3. The van der Waals surface area contributed by atoms with E-state index in [1.165, 1.54) is 6.07 Å². The van der Waals surface area contributed by atoms with Crippen LogP contribution in [0.25, 0.3) is 0 Å². The maximum atomic E-state index is 12.5. The Morgan fingerprint density at radius 3 is 2.50 bits per heavy atom. The maximum absolute atomic E-state index is 12.5. The van der Waals surface area contributed by atoms with E-state index in [0.29, 0.717) is 11.7 Å². The van der Waals surface area contributed by atoms with Crippen LogP contribution in [0, 0.1) is 5.92 Å². The van der Waals surface area contributed by atoms with Gasteiger partial charge in [0.05, 0.1) is 5.56 Å². The fraction of sp³-hybridized carbons (Fsp3) is 0.643. The van der Waals surface area contributed by atoms with E-state index >= 15 is 0 Å². The van der Waals surface area contributed by atoms with Gasteiger partial charge in [0, 0.05) is 19.3 Å². The molecule has 2 rings (SSSR count). The largest absolute Gasteiger partial charge is 0.417 e. The van der Waals surface area contributed by atoms with Crippen molar-refractivity contribution in [2.45, 2.75) is 25.4 Å². The molecule has 1 aromatic heterocycles. The molecular formula is C14H20F3N3. The van der Waals surface area contributed by atoms with E-state index in [1.807, 2.05) is 7.05 Å². The fourth-order valence-electron chi connectivity index (χ4n) is 2.54. The SMILES string of the molecule is CNCCC1CCN(c2ccc(C(F)(F)F)cn2)CC1. The van der Waals surface area contributed by atoms with Crippen LogP contribution in [0.1, 0.15) is 24.8 Å². The third-order valence-corrected chi connectivity index (χ3v) is 3.82. The molecular weight excluding hydrogens is 267 g/mol. The van der Waals surface area contributed by atoms with Crippen LogP contribution in [0.4, 0.5) is 19.0 Å². The number of halogens is 3. The summed E-state index contributed by atoms with van der Waals surface area (Å²) < 4.78 is 37.4. The quantitative estimate of drug-likeness (QED) is 0.923. The molecule has 0 unspecified atom stereocenters. The zero-order chi connectivity index (χ0) is 14.6. The molecule has 1 N–H and O–H groups in total. The van der Waals surface area contributed by atoms with Crippen molar-refractivity contribution in [2.24, 2.45) is 5.92 Å². The number of alkyl halides is 3. The molecule has 0 atom stereocenters. The Balaban J connectivity index is 1.90. The first kappa shape index (κ1) is 15.1. The molecule has 0 bridgehead atoms. The summed E-state index contributed by atoms with van der Waals surface area (Å²) in [7, 11) is 1.95. The van der Waals surface area contributed by atoms with Gasteiger partial charge in [-0.05, 0) is 50.9 Å². The second kappa shape index (κ2) is 6.43. The number of piperidine rings is 1. The Bertz CT molecular complexity index is 409. The molecule has 1 saturated heterocycles. The van der Waals surface area contributed by atoms with E-state index in [4.69, 9.17) is 0 Å². The predicted octanol–water partition coefficient (Wildman–Crippen LogP) is 2.93. The van der Waals surface area contributed by atoms with Crippen molar-refractivity contribution in [1.29, 1.82) is 0 Å². The number of hydrogen-bond donors (Lipinski definition) is 1. The highest BCUT2D eigenvalue weighted by Gasteiger charge is 2.31. The number of nitrogens with one attached hydrogen (secondary N) is 1. The maximum Gasteiger partial charge on any atom is 0.417 e. The van der Waals surface area contributed by atoms with E-state index in [0.717, 1.165) is 51.2 Å². The molecule has 0 aliphatic carbocycles. The zero-order valence-corrected chi connectivity index (χ0v) is 11.6. The van der Waals surface area contributed by atoms with Crippen LogP contribution >= 0.6 is 0 Å². The number of pyridine rings is 1. The predicted molar refractivity (Wildman–Crippen MR) is 72.7 cm³/mol. The molecule has 20 heavy (non-hydrogen) atoms. The zero-order valence-electron chi connectivity index (χ0n) is 11.6. The molecule has 2 heterocycles. The molecule has 6 heteroatoms. The highest BCUT2D eigenvalue weighted by Crippen LogP contribution is 2.30. The van der Waals surface area contributed by atoms with Crippen molar-refractivity contribution < 1.29 is 13.2 Å². The normalized spacial score (nSPS) is 17.5. The molecule has 0 radical (unpaired) electrons. The van der Waals surface area contributed by atoms with Crippen LogP contribution in [-0.2, 0) is 6.18 Å². The summed E-state index contributed by atoms with van der Waals surface area (Å²) in [5.74, 6) is 1.35. The molecule has 0 spiro atoms. The van der Waals surface area contributed by atoms with Gasteiger partial charge < -0.3 is 10.2 Å². The number of anilines is 1. The third kappa shape index (κ3) is 3.85. The number of aromatic nitrogens is 1. The number of rotatable bonds is 4. The number of hydrogen-bond acceptors (Lipinski definition) is 3. The van der Waals surface area contributed by atoms with Gasteiger partial charge in [-0.25, -0.2) is 4.98 Å². The molecule has 1 fully saturated rings. The Morgan fingerprint density at radius 1 is 1.30 bits per heavy atom. The van der Waals surface area contributed by atoms with Crippen LogP contribution in [0.15, 0.2) is 18.3 Å². The number of nitrogens with zero attached hydrogens (tertiary/aromatic N) is 2. The summed E-state index contributed by atoms with van der Waals surface area (Å²) in [4.78, 5) is 6.02. The summed E-state index contributed by atoms with van der Waals surface area (Å²) in [6.45, 7) is 2.75. The first-order chi connectivity index (χ1) is 9.50. The second-order valence-electron chi connectivity index (χ2n) is 5.23. The Kier molecular flexibility index (Phi) is 4.86. The van der Waals surface area contributed by atoms with Crippen LogP contribution in [-0.4, -0.2) is 31.7 Å². The van der Waals surface area contributed by atoms with Crippen molar-refractivity contribution in [3.05, 3.63) is 23.9 Å². The Labute approximate surface area is 117 Å². The van der Waals surface area contributed by atoms with Gasteiger partial charge in [0.25, 0.3) is 0 Å². The molecule has 1 aliphatic heterocycles. The molecule has 0 aromatic carbocycles. The minimum atomic E-state index is -4.31. The van der Waals surface area contributed by atoms with E-state index in [1.54, 1.807) is 0 Å². The lowest BCUT2D eigenvalue weighted by Crippen LogP contribution is -2.35. The van der Waals surface area contributed by atoms with Crippen molar-refractivity contribution >= 4 is 5.82 Å². The van der Waals surface area contributed by atoms with Crippen molar-refractivity contribution in [1.82, 2.24) is 10.3 Å². The topological polar surface area (TPSA) is 28.2 Å². The molecule has 0 amide bonds. The first-order valence-electron chi connectivity index (χ1n) is 6.93. The minimum Gasteiger partial charge on any atom is -0.357 e. The minimum absolute atomic E-state index is 0.644. The summed E-state index contributed by atoms with van der Waals surface area (Å²) in [5.41, 5.74) is -0.690. The highest BCUT2D eigenvalue weighted by atomic mass is 19.4. The average molecular weight is 287 g/mol. The lowest BCUT2D eigenvalue weighted by Gasteiger charge is -2.32. The van der Waals surface area contributed by atoms with Crippen LogP contribution in [0.5, 0.6) is 0 Å². The van der Waals surface area contributed by atoms with E-state index < -0.39 is 11.7 Å².